The van der Waals surface area contributed by atoms with Crippen LogP contribution >= 0.6 is 0 Å². The van der Waals surface area contributed by atoms with E-state index >= 15 is 0 Å². The van der Waals surface area contributed by atoms with Gasteiger partial charge in [0.15, 0.2) is 0 Å². The van der Waals surface area contributed by atoms with E-state index in [1.807, 2.05) is 0 Å². The van der Waals surface area contributed by atoms with Gasteiger partial charge >= 0.3 is 21.7 Å². The summed E-state index contributed by atoms with van der Waals surface area (Å²) >= 11 is 0. The second-order valence-corrected chi connectivity index (χ2v) is 10.4. The molecule has 13 heteroatoms. The van der Waals surface area contributed by atoms with Crippen LogP contribution in [-0.4, -0.2) is 48.7 Å². The summed E-state index contributed by atoms with van der Waals surface area (Å²) in [4.78, 5) is 14.4. The van der Waals surface area contributed by atoms with Crippen molar-refractivity contribution >= 4 is 27.3 Å². The fraction of sp³-hybridized carbons (Fsp3) is 0.409. The van der Waals surface area contributed by atoms with Gasteiger partial charge in [-0.3, -0.25) is 4.79 Å². The highest BCUT2D eigenvalue weighted by Gasteiger charge is 2.52. The first-order valence-electron chi connectivity index (χ1n) is 10.7. The highest BCUT2D eigenvalue weighted by molar-refractivity contribution is 7.90. The number of fused-ring (bicyclic) bond motifs is 1. The van der Waals surface area contributed by atoms with Crippen molar-refractivity contribution in [3.8, 4) is 0 Å². The number of nitrogens with zero attached hydrogens (tertiary/aromatic N) is 2. The molecule has 2 heterocycles. The van der Waals surface area contributed by atoms with E-state index in [0.29, 0.717) is 22.1 Å². The van der Waals surface area contributed by atoms with Crippen LogP contribution in [0.4, 0.5) is 37.7 Å². The number of hydrogen-bond acceptors (Lipinski definition) is 4. The predicted molar refractivity (Wildman–Crippen MR) is 115 cm³/mol. The number of amides is 1. The number of nitrogens with one attached hydrogen (secondary N) is 1. The standard InChI is InChI=1S/C22H21F6N3O3S/c23-21(24,25)16-4-6-17(7-5-16)29-19-3-1-2-14-12-30(10-9-18(14)19)20(32)15-8-11-31(13-15)35(33,34)22(26,27)28/h1-7,15,29H,8-13H2. The first-order valence-corrected chi connectivity index (χ1v) is 12.1. The molecule has 1 atom stereocenters. The number of carbonyl (C=O) groups is 1. The van der Waals surface area contributed by atoms with Gasteiger partial charge in [0.1, 0.15) is 0 Å². The Hall–Kier alpha value is -2.80. The molecule has 0 radical (unpaired) electrons. The molecule has 0 aromatic heterocycles. The smallest absolute Gasteiger partial charge is 0.355 e. The lowest BCUT2D eigenvalue weighted by Gasteiger charge is -2.32. The Morgan fingerprint density at radius 1 is 0.971 bits per heavy atom. The molecule has 1 fully saturated rings. The van der Waals surface area contributed by atoms with Crippen LogP contribution in [-0.2, 0) is 34.0 Å². The van der Waals surface area contributed by atoms with Crippen LogP contribution in [0.5, 0.6) is 0 Å². The molecule has 2 aliphatic heterocycles. The molecule has 2 aliphatic rings. The topological polar surface area (TPSA) is 69.7 Å². The minimum Gasteiger partial charge on any atom is -0.355 e. The van der Waals surface area contributed by atoms with E-state index in [2.05, 4.69) is 5.32 Å². The first kappa shape index (κ1) is 25.3. The lowest BCUT2D eigenvalue weighted by Crippen LogP contribution is -2.43. The number of benzene rings is 2. The van der Waals surface area contributed by atoms with Crippen molar-refractivity contribution in [2.24, 2.45) is 5.92 Å². The van der Waals surface area contributed by atoms with E-state index in [4.69, 9.17) is 0 Å². The third-order valence-electron chi connectivity index (χ3n) is 6.20. The molecule has 0 spiro atoms. The van der Waals surface area contributed by atoms with Crippen molar-refractivity contribution in [1.82, 2.24) is 9.21 Å². The lowest BCUT2D eigenvalue weighted by molar-refractivity contribution is -0.137. The zero-order chi connectivity index (χ0) is 25.6. The molecule has 2 aromatic carbocycles. The van der Waals surface area contributed by atoms with Crippen LogP contribution in [0.2, 0.25) is 0 Å². The zero-order valence-electron chi connectivity index (χ0n) is 18.2. The number of anilines is 2. The van der Waals surface area contributed by atoms with Crippen molar-refractivity contribution in [2.45, 2.75) is 31.1 Å². The summed E-state index contributed by atoms with van der Waals surface area (Å²) in [6.07, 6.45) is -4.01. The number of sulfonamides is 1. The molecule has 4 rings (SSSR count). The summed E-state index contributed by atoms with van der Waals surface area (Å²) in [5, 5.41) is 3.10. The van der Waals surface area contributed by atoms with E-state index < -0.39 is 45.6 Å². The summed E-state index contributed by atoms with van der Waals surface area (Å²) in [5.74, 6) is -1.27. The quantitative estimate of drug-likeness (QED) is 0.602. The number of rotatable bonds is 4. The number of halogens is 6. The third-order valence-corrected chi connectivity index (χ3v) is 7.80. The summed E-state index contributed by atoms with van der Waals surface area (Å²) in [6, 6.07) is 9.88. The van der Waals surface area contributed by atoms with E-state index in [0.717, 1.165) is 23.3 Å². The fourth-order valence-electron chi connectivity index (χ4n) is 4.37. The fourth-order valence-corrected chi connectivity index (χ4v) is 5.38. The van der Waals surface area contributed by atoms with Crippen LogP contribution in [0.15, 0.2) is 42.5 Å². The minimum atomic E-state index is -5.48. The predicted octanol–water partition coefficient (Wildman–Crippen LogP) is 4.51. The normalized spacial score (nSPS) is 19.5. The van der Waals surface area contributed by atoms with Crippen molar-refractivity contribution < 1.29 is 39.6 Å². The van der Waals surface area contributed by atoms with E-state index in [9.17, 15) is 39.6 Å². The van der Waals surface area contributed by atoms with Gasteiger partial charge in [-0.1, -0.05) is 12.1 Å². The molecule has 1 N–H and O–H groups in total. The maximum Gasteiger partial charge on any atom is 0.511 e. The largest absolute Gasteiger partial charge is 0.511 e. The monoisotopic (exact) mass is 521 g/mol. The SMILES string of the molecule is O=C(C1CCN(S(=O)(=O)C(F)(F)F)C1)N1CCc2c(cccc2Nc2ccc(C(F)(F)F)cc2)C1. The Labute approximate surface area is 197 Å². The maximum absolute atomic E-state index is 12.9. The average Bonchev–Trinajstić information content (AvgIpc) is 3.28. The third kappa shape index (κ3) is 5.10. The van der Waals surface area contributed by atoms with Gasteiger partial charge in [-0.05, 0) is 54.3 Å². The summed E-state index contributed by atoms with van der Waals surface area (Å²) in [7, 11) is -5.48. The Kier molecular flexibility index (Phi) is 6.51. The van der Waals surface area contributed by atoms with Crippen molar-refractivity contribution in [3.05, 3.63) is 59.2 Å². The second-order valence-electron chi connectivity index (χ2n) is 8.45. The van der Waals surface area contributed by atoms with E-state index in [1.54, 1.807) is 18.2 Å². The van der Waals surface area contributed by atoms with Gasteiger partial charge in [-0.2, -0.15) is 30.6 Å². The highest BCUT2D eigenvalue weighted by atomic mass is 32.2. The molecular weight excluding hydrogens is 500 g/mol. The molecule has 1 unspecified atom stereocenters. The van der Waals surface area contributed by atoms with Gasteiger partial charge in [0.25, 0.3) is 0 Å². The molecular formula is C22H21F6N3O3S. The first-order chi connectivity index (χ1) is 16.3. The molecule has 0 aliphatic carbocycles. The van der Waals surface area contributed by atoms with Gasteiger partial charge in [0.05, 0.1) is 11.5 Å². The van der Waals surface area contributed by atoms with Crippen LogP contribution in [0.25, 0.3) is 0 Å². The Morgan fingerprint density at radius 3 is 2.29 bits per heavy atom. The average molecular weight is 521 g/mol. The molecule has 1 saturated heterocycles. The van der Waals surface area contributed by atoms with Crippen LogP contribution in [0.1, 0.15) is 23.1 Å². The van der Waals surface area contributed by atoms with Crippen molar-refractivity contribution in [1.29, 1.82) is 0 Å². The zero-order valence-corrected chi connectivity index (χ0v) is 19.0. The van der Waals surface area contributed by atoms with E-state index in [1.165, 1.54) is 17.0 Å². The number of carbonyl (C=O) groups excluding carboxylic acids is 1. The Bertz CT molecular complexity index is 1210. The molecule has 190 valence electrons. The summed E-state index contributed by atoms with van der Waals surface area (Å²) < 4.78 is 100. The maximum atomic E-state index is 12.9. The lowest BCUT2D eigenvalue weighted by atomic mass is 9.96. The summed E-state index contributed by atoms with van der Waals surface area (Å²) in [5.41, 5.74) is -3.37. The van der Waals surface area contributed by atoms with Gasteiger partial charge in [0.2, 0.25) is 5.91 Å². The van der Waals surface area contributed by atoms with Gasteiger partial charge < -0.3 is 10.2 Å². The molecule has 6 nitrogen and oxygen atoms in total. The van der Waals surface area contributed by atoms with Crippen molar-refractivity contribution in [2.75, 3.05) is 25.0 Å². The highest BCUT2D eigenvalue weighted by Crippen LogP contribution is 2.34. The molecule has 35 heavy (non-hydrogen) atoms. The molecule has 1 amide bonds. The molecule has 0 bridgehead atoms. The Morgan fingerprint density at radius 2 is 1.66 bits per heavy atom. The molecule has 2 aromatic rings. The Balaban J connectivity index is 1.44. The van der Waals surface area contributed by atoms with Crippen LogP contribution < -0.4 is 5.32 Å². The van der Waals surface area contributed by atoms with E-state index in [-0.39, 0.29) is 26.1 Å². The van der Waals surface area contributed by atoms with Crippen LogP contribution in [0, 0.1) is 5.92 Å². The van der Waals surface area contributed by atoms with Gasteiger partial charge in [-0.15, -0.1) is 0 Å². The van der Waals surface area contributed by atoms with Gasteiger partial charge in [0, 0.05) is 37.6 Å². The van der Waals surface area contributed by atoms with Crippen LogP contribution in [0.3, 0.4) is 0 Å². The van der Waals surface area contributed by atoms with Gasteiger partial charge in [-0.25, -0.2) is 8.42 Å². The second kappa shape index (κ2) is 9.01. The van der Waals surface area contributed by atoms with Crippen molar-refractivity contribution in [3.63, 3.8) is 0 Å². The minimum absolute atomic E-state index is 0.00696. The molecule has 0 saturated carbocycles. The number of alkyl halides is 6. The summed E-state index contributed by atoms with van der Waals surface area (Å²) in [6.45, 7) is -0.414. The number of hydrogen-bond donors (Lipinski definition) is 1.